The summed E-state index contributed by atoms with van der Waals surface area (Å²) >= 11 is 0. The van der Waals surface area contributed by atoms with Crippen molar-refractivity contribution >= 4 is 23.6 Å². The molecular weight excluding hydrogens is 424 g/mol. The van der Waals surface area contributed by atoms with Gasteiger partial charge in [-0.2, -0.15) is 4.98 Å². The lowest BCUT2D eigenvalue weighted by atomic mass is 10.1. The molecule has 11 heteroatoms. The number of nitrogens with zero attached hydrogens (tertiary/aromatic N) is 7. The summed E-state index contributed by atoms with van der Waals surface area (Å²) in [5.74, 6) is 1.84. The van der Waals surface area contributed by atoms with E-state index in [1.807, 2.05) is 4.90 Å². The van der Waals surface area contributed by atoms with Crippen LogP contribution >= 0.6 is 0 Å². The molecule has 0 aliphatic carbocycles. The third-order valence-electron chi connectivity index (χ3n) is 6.80. The molecule has 2 aromatic rings. The van der Waals surface area contributed by atoms with Crippen molar-refractivity contribution in [2.75, 3.05) is 62.0 Å². The number of carbonyl (C=O) groups is 1. The number of likely N-dealkylation sites (tertiary alicyclic amines) is 1. The first-order chi connectivity index (χ1) is 16.0. The van der Waals surface area contributed by atoms with Crippen molar-refractivity contribution in [2.45, 2.75) is 38.5 Å². The summed E-state index contributed by atoms with van der Waals surface area (Å²) in [4.78, 5) is 36.8. The molecule has 5 heterocycles. The highest BCUT2D eigenvalue weighted by molar-refractivity contribution is 5.75. The van der Waals surface area contributed by atoms with E-state index in [1.54, 1.807) is 26.4 Å². The number of hydrogen-bond acceptors (Lipinski definition) is 10. The molecule has 33 heavy (non-hydrogen) atoms. The van der Waals surface area contributed by atoms with Gasteiger partial charge in [-0.05, 0) is 13.3 Å². The molecule has 0 bridgehead atoms. The minimum atomic E-state index is -0.0797. The van der Waals surface area contributed by atoms with E-state index in [4.69, 9.17) is 25.2 Å². The lowest BCUT2D eigenvalue weighted by Crippen LogP contribution is -2.46. The molecule has 2 saturated heterocycles. The number of ether oxygens (including phenoxy) is 2. The maximum Gasteiger partial charge on any atom is 0.228 e. The highest BCUT2D eigenvalue weighted by atomic mass is 16.5. The topological polar surface area (TPSA) is 123 Å². The zero-order valence-corrected chi connectivity index (χ0v) is 19.3. The summed E-state index contributed by atoms with van der Waals surface area (Å²) in [6.07, 6.45) is 4.14. The van der Waals surface area contributed by atoms with Crippen LogP contribution in [0.25, 0.3) is 11.3 Å². The number of anilines is 3. The van der Waals surface area contributed by atoms with E-state index < -0.39 is 0 Å². The van der Waals surface area contributed by atoms with Crippen molar-refractivity contribution in [1.29, 1.82) is 0 Å². The molecule has 0 spiro atoms. The molecule has 3 aliphatic rings. The van der Waals surface area contributed by atoms with Crippen molar-refractivity contribution in [2.24, 2.45) is 0 Å². The number of carbonyl (C=O) groups excluding carboxylic acids is 1. The second kappa shape index (κ2) is 8.71. The Morgan fingerprint density at radius 2 is 1.97 bits per heavy atom. The van der Waals surface area contributed by atoms with Gasteiger partial charge >= 0.3 is 0 Å². The Morgan fingerprint density at radius 1 is 1.18 bits per heavy atom. The molecule has 2 aromatic heterocycles. The number of fused-ring (bicyclic) bond motifs is 1. The summed E-state index contributed by atoms with van der Waals surface area (Å²) in [6, 6.07) is 0.189. The number of amides is 1. The second-order valence-corrected chi connectivity index (χ2v) is 8.83. The monoisotopic (exact) mass is 454 g/mol. The summed E-state index contributed by atoms with van der Waals surface area (Å²) < 4.78 is 11.4. The Hall–Kier alpha value is -3.05. The normalized spacial score (nSPS) is 24.9. The van der Waals surface area contributed by atoms with Crippen LogP contribution in [-0.2, 0) is 20.7 Å². The fourth-order valence-electron chi connectivity index (χ4n) is 4.99. The van der Waals surface area contributed by atoms with Gasteiger partial charge in [0.05, 0.1) is 37.1 Å². The van der Waals surface area contributed by atoms with E-state index in [9.17, 15) is 4.79 Å². The summed E-state index contributed by atoms with van der Waals surface area (Å²) in [5.41, 5.74) is 8.42. The maximum atomic E-state index is 12.1. The molecule has 176 valence electrons. The van der Waals surface area contributed by atoms with Crippen molar-refractivity contribution in [3.8, 4) is 11.3 Å². The van der Waals surface area contributed by atoms with Gasteiger partial charge < -0.3 is 29.9 Å². The summed E-state index contributed by atoms with van der Waals surface area (Å²) in [5, 5.41) is 0. The number of nitrogen functional groups attached to an aromatic ring is 1. The average Bonchev–Trinajstić information content (AvgIpc) is 3.43. The van der Waals surface area contributed by atoms with Crippen molar-refractivity contribution in [1.82, 2.24) is 24.8 Å². The van der Waals surface area contributed by atoms with Gasteiger partial charge in [-0.1, -0.05) is 0 Å². The lowest BCUT2D eigenvalue weighted by Gasteiger charge is -2.35. The molecule has 1 amide bonds. The number of rotatable bonds is 4. The number of aromatic nitrogens is 4. The number of morpholine rings is 1. The van der Waals surface area contributed by atoms with E-state index in [2.05, 4.69) is 26.7 Å². The molecule has 3 aliphatic heterocycles. The second-order valence-electron chi connectivity index (χ2n) is 8.83. The van der Waals surface area contributed by atoms with Crippen LogP contribution in [0.1, 0.15) is 19.4 Å². The first kappa shape index (κ1) is 21.8. The van der Waals surface area contributed by atoms with Crippen LogP contribution in [-0.4, -0.2) is 95.4 Å². The van der Waals surface area contributed by atoms with E-state index in [0.29, 0.717) is 32.3 Å². The Labute approximate surface area is 192 Å². The zero-order valence-electron chi connectivity index (χ0n) is 19.3. The SMILES string of the molecule is COC1CN(C(C)=O)CC1N1CCc2c(-c3cnc(N)nc3)nc(N3CCOCC3C)nc21. The number of nitrogens with two attached hydrogens (primary N) is 1. The van der Waals surface area contributed by atoms with Crippen LogP contribution in [0.3, 0.4) is 0 Å². The van der Waals surface area contributed by atoms with Gasteiger partial charge in [-0.3, -0.25) is 4.79 Å². The quantitative estimate of drug-likeness (QED) is 0.692. The first-order valence-corrected chi connectivity index (χ1v) is 11.3. The fraction of sp³-hybridized carbons (Fsp3) is 0.591. The van der Waals surface area contributed by atoms with Gasteiger partial charge in [0.2, 0.25) is 17.8 Å². The van der Waals surface area contributed by atoms with Gasteiger partial charge in [0.15, 0.2) is 0 Å². The van der Waals surface area contributed by atoms with E-state index >= 15 is 0 Å². The minimum Gasteiger partial charge on any atom is -0.377 e. The van der Waals surface area contributed by atoms with Gasteiger partial charge in [-0.15, -0.1) is 0 Å². The van der Waals surface area contributed by atoms with Crippen molar-refractivity contribution < 1.29 is 14.3 Å². The van der Waals surface area contributed by atoms with Gasteiger partial charge in [0.1, 0.15) is 5.82 Å². The third-order valence-corrected chi connectivity index (χ3v) is 6.80. The minimum absolute atomic E-state index is 0.0283. The molecule has 3 unspecified atom stereocenters. The van der Waals surface area contributed by atoms with Crippen LogP contribution in [0, 0.1) is 0 Å². The van der Waals surface area contributed by atoms with Gasteiger partial charge in [0.25, 0.3) is 0 Å². The Bertz CT molecular complexity index is 1030. The Kier molecular flexibility index (Phi) is 5.75. The largest absolute Gasteiger partial charge is 0.377 e. The van der Waals surface area contributed by atoms with Crippen LogP contribution in [0.2, 0.25) is 0 Å². The third kappa shape index (κ3) is 3.95. The summed E-state index contributed by atoms with van der Waals surface area (Å²) in [6.45, 7) is 7.68. The summed E-state index contributed by atoms with van der Waals surface area (Å²) in [7, 11) is 1.70. The van der Waals surface area contributed by atoms with Gasteiger partial charge in [0, 0.05) is 63.7 Å². The van der Waals surface area contributed by atoms with Crippen molar-refractivity contribution in [3.63, 3.8) is 0 Å². The molecular formula is C22H30N8O3. The standard InChI is InChI=1S/C22H30N8O3/c1-13-12-33-7-6-29(13)22-26-19(15-8-24-21(23)25-9-15)16-4-5-30(20(16)27-22)17-10-28(14(2)31)11-18(17)32-3/h8-9,13,17-18H,4-7,10-12H2,1-3H3,(H2,23,24,25). The Morgan fingerprint density at radius 3 is 2.67 bits per heavy atom. The van der Waals surface area contributed by atoms with Crippen LogP contribution in [0.4, 0.5) is 17.7 Å². The molecule has 3 atom stereocenters. The smallest absolute Gasteiger partial charge is 0.228 e. The van der Waals surface area contributed by atoms with Crippen LogP contribution in [0.15, 0.2) is 12.4 Å². The molecule has 0 aromatic carbocycles. The molecule has 2 fully saturated rings. The molecule has 0 saturated carbocycles. The predicted octanol–water partition coefficient (Wildman–Crippen LogP) is 0.349. The first-order valence-electron chi connectivity index (χ1n) is 11.3. The van der Waals surface area contributed by atoms with Crippen LogP contribution < -0.4 is 15.5 Å². The zero-order chi connectivity index (χ0) is 23.1. The maximum absolute atomic E-state index is 12.1. The average molecular weight is 455 g/mol. The molecule has 11 nitrogen and oxygen atoms in total. The molecule has 2 N–H and O–H groups in total. The van der Waals surface area contributed by atoms with E-state index in [1.165, 1.54) is 0 Å². The van der Waals surface area contributed by atoms with Crippen molar-refractivity contribution in [3.05, 3.63) is 18.0 Å². The molecule has 5 rings (SSSR count). The lowest BCUT2D eigenvalue weighted by molar-refractivity contribution is -0.128. The molecule has 0 radical (unpaired) electrons. The Balaban J connectivity index is 1.59. The van der Waals surface area contributed by atoms with E-state index in [-0.39, 0.29) is 30.0 Å². The van der Waals surface area contributed by atoms with E-state index in [0.717, 1.165) is 42.1 Å². The highest BCUT2D eigenvalue weighted by Crippen LogP contribution is 2.38. The number of hydrogen-bond donors (Lipinski definition) is 1. The predicted molar refractivity (Wildman–Crippen MR) is 123 cm³/mol. The fourth-order valence-corrected chi connectivity index (χ4v) is 4.99. The number of methoxy groups -OCH3 is 1. The van der Waals surface area contributed by atoms with Crippen LogP contribution in [0.5, 0.6) is 0 Å². The van der Waals surface area contributed by atoms with Gasteiger partial charge in [-0.25, -0.2) is 15.0 Å². The highest BCUT2D eigenvalue weighted by Gasteiger charge is 2.42.